The van der Waals surface area contributed by atoms with Crippen LogP contribution in [0.4, 0.5) is 0 Å². The van der Waals surface area contributed by atoms with Gasteiger partial charge in [-0.25, -0.2) is 0 Å². The molecule has 0 saturated heterocycles. The van der Waals surface area contributed by atoms with Crippen LogP contribution in [0.25, 0.3) is 0 Å². The van der Waals surface area contributed by atoms with Gasteiger partial charge in [0.2, 0.25) is 0 Å². The van der Waals surface area contributed by atoms with Gasteiger partial charge in [-0.2, -0.15) is 0 Å². The zero-order chi connectivity index (χ0) is 9.64. The third kappa shape index (κ3) is 1.32. The summed E-state index contributed by atoms with van der Waals surface area (Å²) in [6.07, 6.45) is 0. The summed E-state index contributed by atoms with van der Waals surface area (Å²) in [7, 11) is 0. The predicted molar refractivity (Wildman–Crippen MR) is 58.4 cm³/mol. The van der Waals surface area contributed by atoms with E-state index in [9.17, 15) is 0 Å². The van der Waals surface area contributed by atoms with Gasteiger partial charge in [0, 0.05) is 10.8 Å². The summed E-state index contributed by atoms with van der Waals surface area (Å²) >= 11 is 7.85. The van der Waals surface area contributed by atoms with E-state index in [0.717, 1.165) is 11.6 Å². The molecule has 0 spiro atoms. The Morgan fingerprint density at radius 1 is 1.62 bits per heavy atom. The Hall–Kier alpha value is -0.0500. The Balaban J connectivity index is 2.26. The lowest BCUT2D eigenvalue weighted by Crippen LogP contribution is -2.05. The van der Waals surface area contributed by atoms with Crippen LogP contribution in [0.15, 0.2) is 11.4 Å². The van der Waals surface area contributed by atoms with Crippen molar-refractivity contribution in [1.82, 2.24) is 0 Å². The summed E-state index contributed by atoms with van der Waals surface area (Å²) in [6, 6.07) is 1.98. The number of hydrogen-bond donors (Lipinski definition) is 1. The average molecular weight is 216 g/mol. The van der Waals surface area contributed by atoms with Gasteiger partial charge in [-0.1, -0.05) is 25.4 Å². The standard InChI is InChI=1S/C10H14ClNS/c1-10(2)6(5-12)8(10)9-7(11)3-4-13-9/h3-4,6,8H,5,12H2,1-2H3/t6-,8+/m1/s1. The number of thiophene rings is 1. The first-order valence-corrected chi connectivity index (χ1v) is 5.77. The first-order chi connectivity index (χ1) is 6.09. The number of nitrogens with two attached hydrogens (primary N) is 1. The van der Waals surface area contributed by atoms with Crippen LogP contribution in [-0.2, 0) is 0 Å². The van der Waals surface area contributed by atoms with Crippen LogP contribution in [0.5, 0.6) is 0 Å². The molecule has 1 heterocycles. The topological polar surface area (TPSA) is 26.0 Å². The van der Waals surface area contributed by atoms with Crippen LogP contribution >= 0.6 is 22.9 Å². The normalized spacial score (nSPS) is 30.5. The summed E-state index contributed by atoms with van der Waals surface area (Å²) in [5.74, 6) is 1.20. The van der Waals surface area contributed by atoms with Crippen molar-refractivity contribution < 1.29 is 0 Å². The molecule has 0 radical (unpaired) electrons. The monoisotopic (exact) mass is 215 g/mol. The third-order valence-electron chi connectivity index (χ3n) is 3.23. The highest BCUT2D eigenvalue weighted by molar-refractivity contribution is 7.10. The van der Waals surface area contributed by atoms with Gasteiger partial charge in [0.25, 0.3) is 0 Å². The molecular weight excluding hydrogens is 202 g/mol. The highest BCUT2D eigenvalue weighted by Gasteiger charge is 2.58. The van der Waals surface area contributed by atoms with Crippen molar-refractivity contribution >= 4 is 22.9 Å². The molecule has 0 unspecified atom stereocenters. The van der Waals surface area contributed by atoms with Crippen molar-refractivity contribution in [1.29, 1.82) is 0 Å². The second-order valence-electron chi connectivity index (χ2n) is 4.27. The van der Waals surface area contributed by atoms with E-state index < -0.39 is 0 Å². The Morgan fingerprint density at radius 3 is 2.69 bits per heavy atom. The molecule has 1 aromatic heterocycles. The van der Waals surface area contributed by atoms with Crippen LogP contribution in [-0.4, -0.2) is 6.54 Å². The minimum absolute atomic E-state index is 0.350. The van der Waals surface area contributed by atoms with Gasteiger partial charge < -0.3 is 5.73 Å². The zero-order valence-corrected chi connectivity index (χ0v) is 9.45. The maximum Gasteiger partial charge on any atom is 0.0548 e. The molecule has 1 nitrogen and oxygen atoms in total. The van der Waals surface area contributed by atoms with Crippen molar-refractivity contribution in [2.24, 2.45) is 17.1 Å². The number of halogens is 1. The van der Waals surface area contributed by atoms with E-state index in [1.165, 1.54) is 4.88 Å². The van der Waals surface area contributed by atoms with E-state index in [2.05, 4.69) is 19.2 Å². The van der Waals surface area contributed by atoms with Crippen molar-refractivity contribution in [3.63, 3.8) is 0 Å². The van der Waals surface area contributed by atoms with Crippen LogP contribution in [0.3, 0.4) is 0 Å². The minimum atomic E-state index is 0.350. The van der Waals surface area contributed by atoms with Crippen molar-refractivity contribution in [3.8, 4) is 0 Å². The molecule has 72 valence electrons. The Kier molecular flexibility index (Phi) is 2.17. The molecule has 2 rings (SSSR count). The van der Waals surface area contributed by atoms with E-state index in [0.29, 0.717) is 17.3 Å². The molecule has 1 aliphatic carbocycles. The summed E-state index contributed by atoms with van der Waals surface area (Å²) in [4.78, 5) is 1.32. The Labute approximate surface area is 87.9 Å². The average Bonchev–Trinajstić information content (AvgIpc) is 2.41. The Bertz CT molecular complexity index is 318. The lowest BCUT2D eigenvalue weighted by Gasteiger charge is -2.00. The van der Waals surface area contributed by atoms with E-state index in [-0.39, 0.29) is 0 Å². The summed E-state index contributed by atoms with van der Waals surface area (Å²) in [6.45, 7) is 5.31. The lowest BCUT2D eigenvalue weighted by molar-refractivity contribution is 0.559. The molecule has 2 N–H and O–H groups in total. The molecule has 0 bridgehead atoms. The van der Waals surface area contributed by atoms with E-state index >= 15 is 0 Å². The molecule has 1 saturated carbocycles. The Morgan fingerprint density at radius 2 is 2.31 bits per heavy atom. The third-order valence-corrected chi connectivity index (χ3v) is 4.67. The molecule has 1 fully saturated rings. The molecule has 0 aromatic carbocycles. The van der Waals surface area contributed by atoms with E-state index in [4.69, 9.17) is 17.3 Å². The van der Waals surface area contributed by atoms with E-state index in [1.807, 2.05) is 6.07 Å². The second-order valence-corrected chi connectivity index (χ2v) is 5.63. The fraction of sp³-hybridized carbons (Fsp3) is 0.600. The number of rotatable bonds is 2. The maximum atomic E-state index is 6.09. The molecule has 2 atom stereocenters. The molecule has 13 heavy (non-hydrogen) atoms. The van der Waals surface area contributed by atoms with Gasteiger partial charge >= 0.3 is 0 Å². The molecular formula is C10H14ClNS. The number of hydrogen-bond acceptors (Lipinski definition) is 2. The van der Waals surface area contributed by atoms with Gasteiger partial charge in [-0.3, -0.25) is 0 Å². The first kappa shape index (κ1) is 9.50. The highest BCUT2D eigenvalue weighted by atomic mass is 35.5. The fourth-order valence-electron chi connectivity index (χ4n) is 2.23. The zero-order valence-electron chi connectivity index (χ0n) is 7.88. The van der Waals surface area contributed by atoms with Crippen LogP contribution in [0.2, 0.25) is 5.02 Å². The SMILES string of the molecule is CC1(C)[C@H](CN)[C@H]1c1sccc1Cl. The summed E-state index contributed by atoms with van der Waals surface area (Å²) < 4.78 is 0. The van der Waals surface area contributed by atoms with Crippen LogP contribution in [0, 0.1) is 11.3 Å². The maximum absolute atomic E-state index is 6.09. The van der Waals surface area contributed by atoms with Crippen LogP contribution in [0.1, 0.15) is 24.6 Å². The van der Waals surface area contributed by atoms with Crippen molar-refractivity contribution in [2.45, 2.75) is 19.8 Å². The molecule has 0 amide bonds. The highest BCUT2D eigenvalue weighted by Crippen LogP contribution is 2.65. The molecule has 0 aliphatic heterocycles. The lowest BCUT2D eigenvalue weighted by atomic mass is 10.1. The van der Waals surface area contributed by atoms with Gasteiger partial charge in [-0.05, 0) is 29.3 Å². The molecule has 3 heteroatoms. The van der Waals surface area contributed by atoms with E-state index in [1.54, 1.807) is 11.3 Å². The minimum Gasteiger partial charge on any atom is -0.330 e. The van der Waals surface area contributed by atoms with Crippen molar-refractivity contribution in [3.05, 3.63) is 21.3 Å². The van der Waals surface area contributed by atoms with Crippen LogP contribution < -0.4 is 5.73 Å². The molecule has 1 aromatic rings. The first-order valence-electron chi connectivity index (χ1n) is 4.52. The second kappa shape index (κ2) is 2.97. The summed E-state index contributed by atoms with van der Waals surface area (Å²) in [5.41, 5.74) is 6.07. The quantitative estimate of drug-likeness (QED) is 0.806. The van der Waals surface area contributed by atoms with Gasteiger partial charge in [0.1, 0.15) is 0 Å². The van der Waals surface area contributed by atoms with Gasteiger partial charge in [-0.15, -0.1) is 11.3 Å². The van der Waals surface area contributed by atoms with Gasteiger partial charge in [0.05, 0.1) is 5.02 Å². The molecule has 1 aliphatic rings. The predicted octanol–water partition coefficient (Wildman–Crippen LogP) is 3.10. The smallest absolute Gasteiger partial charge is 0.0548 e. The fourth-order valence-corrected chi connectivity index (χ4v) is 3.77. The van der Waals surface area contributed by atoms with Gasteiger partial charge in [0.15, 0.2) is 0 Å². The summed E-state index contributed by atoms with van der Waals surface area (Å²) in [5, 5.41) is 2.97. The largest absolute Gasteiger partial charge is 0.330 e. The van der Waals surface area contributed by atoms with Crippen molar-refractivity contribution in [2.75, 3.05) is 6.54 Å².